The Kier molecular flexibility index (Phi) is 4.11. The maximum atomic E-state index is 11.1. The molecular formula is C11H22N2O2. The van der Waals surface area contributed by atoms with Gasteiger partial charge in [-0.25, -0.2) is 0 Å². The molecule has 1 saturated heterocycles. The van der Waals surface area contributed by atoms with Crippen molar-refractivity contribution in [2.45, 2.75) is 57.8 Å². The number of ether oxygens (including phenoxy) is 1. The minimum absolute atomic E-state index is 0.155. The monoisotopic (exact) mass is 214 g/mol. The van der Waals surface area contributed by atoms with Crippen LogP contribution in [0.15, 0.2) is 0 Å². The van der Waals surface area contributed by atoms with Crippen LogP contribution in [0.3, 0.4) is 0 Å². The number of primary amides is 1. The first-order valence-corrected chi connectivity index (χ1v) is 5.66. The molecule has 0 aromatic heterocycles. The maximum absolute atomic E-state index is 11.1. The number of nitrogens with one attached hydrogen (secondary N) is 1. The first-order chi connectivity index (χ1) is 6.97. The van der Waals surface area contributed by atoms with Gasteiger partial charge in [0.1, 0.15) is 0 Å². The Morgan fingerprint density at radius 2 is 2.00 bits per heavy atom. The van der Waals surface area contributed by atoms with E-state index in [4.69, 9.17) is 10.5 Å². The van der Waals surface area contributed by atoms with Crippen LogP contribution in [0.1, 0.15) is 40.0 Å². The van der Waals surface area contributed by atoms with Crippen LogP contribution >= 0.6 is 0 Å². The van der Waals surface area contributed by atoms with Gasteiger partial charge in [-0.1, -0.05) is 6.92 Å². The normalized spacial score (nSPS) is 36.5. The van der Waals surface area contributed by atoms with Crippen LogP contribution in [0.25, 0.3) is 0 Å². The number of amides is 1. The van der Waals surface area contributed by atoms with Gasteiger partial charge in [0.05, 0.1) is 12.2 Å². The largest absolute Gasteiger partial charge is 0.375 e. The summed E-state index contributed by atoms with van der Waals surface area (Å²) >= 11 is 0. The lowest BCUT2D eigenvalue weighted by atomic mass is 9.81. The van der Waals surface area contributed by atoms with Crippen molar-refractivity contribution in [3.63, 3.8) is 0 Å². The zero-order valence-electron chi connectivity index (χ0n) is 9.88. The fraction of sp³-hybridized carbons (Fsp3) is 0.909. The molecule has 4 nitrogen and oxygen atoms in total. The smallest absolute Gasteiger partial charge is 0.219 e. The lowest BCUT2D eigenvalue weighted by Gasteiger charge is -2.43. The predicted molar refractivity (Wildman–Crippen MR) is 59.5 cm³/mol. The summed E-state index contributed by atoms with van der Waals surface area (Å²) in [7, 11) is 0. The zero-order chi connectivity index (χ0) is 11.5. The highest BCUT2D eigenvalue weighted by atomic mass is 16.5. The van der Waals surface area contributed by atoms with Crippen LogP contribution in [-0.4, -0.2) is 30.2 Å². The maximum Gasteiger partial charge on any atom is 0.219 e. The molecule has 0 spiro atoms. The molecule has 0 radical (unpaired) electrons. The third-order valence-corrected chi connectivity index (χ3v) is 2.89. The minimum atomic E-state index is -0.239. The second kappa shape index (κ2) is 4.94. The Bertz CT molecular complexity index is 221. The van der Waals surface area contributed by atoms with E-state index in [0.717, 1.165) is 19.4 Å². The van der Waals surface area contributed by atoms with Crippen molar-refractivity contribution in [1.82, 2.24) is 5.32 Å². The molecule has 1 heterocycles. The van der Waals surface area contributed by atoms with Gasteiger partial charge in [0, 0.05) is 12.0 Å². The molecular weight excluding hydrogens is 192 g/mol. The zero-order valence-corrected chi connectivity index (χ0v) is 9.88. The average molecular weight is 214 g/mol. The van der Waals surface area contributed by atoms with Gasteiger partial charge in [-0.05, 0) is 33.2 Å². The van der Waals surface area contributed by atoms with Crippen molar-refractivity contribution in [2.75, 3.05) is 6.54 Å². The fourth-order valence-corrected chi connectivity index (χ4v) is 2.74. The summed E-state index contributed by atoms with van der Waals surface area (Å²) in [6.07, 6.45) is 2.49. The van der Waals surface area contributed by atoms with E-state index in [0.29, 0.717) is 6.42 Å². The van der Waals surface area contributed by atoms with E-state index < -0.39 is 0 Å². The first-order valence-electron chi connectivity index (χ1n) is 5.66. The second-order valence-electron chi connectivity index (χ2n) is 4.62. The number of carbonyl (C=O) groups excluding carboxylic acids is 1. The molecule has 2 unspecified atom stereocenters. The van der Waals surface area contributed by atoms with E-state index >= 15 is 0 Å². The highest BCUT2D eigenvalue weighted by molar-refractivity contribution is 5.75. The molecule has 4 heteroatoms. The van der Waals surface area contributed by atoms with Crippen LogP contribution < -0.4 is 11.1 Å². The molecule has 0 aromatic rings. The molecule has 88 valence electrons. The molecule has 1 aliphatic heterocycles. The fourth-order valence-electron chi connectivity index (χ4n) is 2.74. The Morgan fingerprint density at radius 1 is 1.47 bits per heavy atom. The second-order valence-corrected chi connectivity index (χ2v) is 4.62. The summed E-state index contributed by atoms with van der Waals surface area (Å²) in [6.45, 7) is 6.99. The Labute approximate surface area is 91.5 Å². The van der Waals surface area contributed by atoms with Crippen LogP contribution in [-0.2, 0) is 9.53 Å². The highest BCUT2D eigenvalue weighted by Gasteiger charge is 2.38. The van der Waals surface area contributed by atoms with Crippen LogP contribution in [0.4, 0.5) is 0 Å². The van der Waals surface area contributed by atoms with Crippen molar-refractivity contribution >= 4 is 5.91 Å². The number of hydrogen-bond donors (Lipinski definition) is 2. The third kappa shape index (κ3) is 3.47. The lowest BCUT2D eigenvalue weighted by molar-refractivity contribution is -0.123. The van der Waals surface area contributed by atoms with Crippen LogP contribution in [0, 0.1) is 0 Å². The SMILES string of the molecule is CCNC1(CC(N)=O)CC(C)OC(C)C1. The van der Waals surface area contributed by atoms with E-state index in [1.54, 1.807) is 0 Å². The van der Waals surface area contributed by atoms with Crippen LogP contribution in [0.5, 0.6) is 0 Å². The Balaban J connectivity index is 2.73. The molecule has 1 amide bonds. The number of nitrogens with two attached hydrogens (primary N) is 1. The number of rotatable bonds is 4. The first kappa shape index (κ1) is 12.5. The van der Waals surface area contributed by atoms with Gasteiger partial charge in [-0.15, -0.1) is 0 Å². The minimum Gasteiger partial charge on any atom is -0.375 e. The van der Waals surface area contributed by atoms with Crippen molar-refractivity contribution in [3.8, 4) is 0 Å². The summed E-state index contributed by atoms with van der Waals surface area (Å²) in [5.74, 6) is -0.239. The average Bonchev–Trinajstić information content (AvgIpc) is 1.99. The molecule has 0 aromatic carbocycles. The van der Waals surface area contributed by atoms with Gasteiger partial charge in [0.25, 0.3) is 0 Å². The topological polar surface area (TPSA) is 64.3 Å². The molecule has 2 atom stereocenters. The molecule has 3 N–H and O–H groups in total. The molecule has 15 heavy (non-hydrogen) atoms. The van der Waals surface area contributed by atoms with Gasteiger partial charge >= 0.3 is 0 Å². The van der Waals surface area contributed by atoms with Crippen molar-refractivity contribution in [3.05, 3.63) is 0 Å². The molecule has 0 aliphatic carbocycles. The highest BCUT2D eigenvalue weighted by Crippen LogP contribution is 2.31. The molecule has 0 saturated carbocycles. The van der Waals surface area contributed by atoms with Crippen molar-refractivity contribution in [2.24, 2.45) is 5.73 Å². The summed E-state index contributed by atoms with van der Waals surface area (Å²) in [5.41, 5.74) is 5.15. The number of carbonyl (C=O) groups is 1. The summed E-state index contributed by atoms with van der Waals surface area (Å²) in [5, 5.41) is 3.41. The lowest BCUT2D eigenvalue weighted by Crippen LogP contribution is -2.55. The number of hydrogen-bond acceptors (Lipinski definition) is 3. The van der Waals surface area contributed by atoms with Gasteiger partial charge < -0.3 is 15.8 Å². The third-order valence-electron chi connectivity index (χ3n) is 2.89. The quantitative estimate of drug-likeness (QED) is 0.727. The molecule has 1 rings (SSSR count). The predicted octanol–water partition coefficient (Wildman–Crippen LogP) is 0.797. The molecule has 1 fully saturated rings. The molecule has 0 bridgehead atoms. The van der Waals surface area contributed by atoms with Gasteiger partial charge in [0.2, 0.25) is 5.91 Å². The van der Waals surface area contributed by atoms with E-state index in [1.165, 1.54) is 0 Å². The van der Waals surface area contributed by atoms with Gasteiger partial charge in [-0.3, -0.25) is 4.79 Å². The summed E-state index contributed by atoms with van der Waals surface area (Å²) in [6, 6.07) is 0. The molecule has 1 aliphatic rings. The van der Waals surface area contributed by atoms with Gasteiger partial charge in [-0.2, -0.15) is 0 Å². The van der Waals surface area contributed by atoms with Gasteiger partial charge in [0.15, 0.2) is 0 Å². The Morgan fingerprint density at radius 3 is 2.40 bits per heavy atom. The van der Waals surface area contributed by atoms with E-state index in [1.807, 2.05) is 20.8 Å². The van der Waals surface area contributed by atoms with E-state index in [2.05, 4.69) is 5.32 Å². The standard InChI is InChI=1S/C11H22N2O2/c1-4-13-11(7-10(12)14)5-8(2)15-9(3)6-11/h8-9,13H,4-7H2,1-3H3,(H2,12,14). The van der Waals surface area contributed by atoms with Crippen LogP contribution in [0.2, 0.25) is 0 Å². The van der Waals surface area contributed by atoms with E-state index in [9.17, 15) is 4.79 Å². The summed E-state index contributed by atoms with van der Waals surface area (Å²) < 4.78 is 5.68. The Hall–Kier alpha value is -0.610. The van der Waals surface area contributed by atoms with E-state index in [-0.39, 0.29) is 23.7 Å². The summed E-state index contributed by atoms with van der Waals surface area (Å²) in [4.78, 5) is 11.1. The van der Waals surface area contributed by atoms with Crippen molar-refractivity contribution in [1.29, 1.82) is 0 Å². The van der Waals surface area contributed by atoms with Crippen molar-refractivity contribution < 1.29 is 9.53 Å².